The second-order valence-corrected chi connectivity index (χ2v) is 8.64. The van der Waals surface area contributed by atoms with E-state index in [1.165, 1.54) is 5.69 Å². The number of nitrogens with zero attached hydrogens (tertiary/aromatic N) is 3. The monoisotopic (exact) mass is 424 g/mol. The third-order valence-electron chi connectivity index (χ3n) is 6.71. The fourth-order valence-electron chi connectivity index (χ4n) is 5.01. The first kappa shape index (κ1) is 21.4. The maximum absolute atomic E-state index is 12.9. The summed E-state index contributed by atoms with van der Waals surface area (Å²) in [5.41, 5.74) is 14.5. The molecular weight excluding hydrogens is 392 g/mol. The molecule has 31 heavy (non-hydrogen) atoms. The number of amides is 2. The Bertz CT molecular complexity index is 1010. The van der Waals surface area contributed by atoms with Crippen molar-refractivity contribution in [2.24, 2.45) is 11.5 Å². The van der Waals surface area contributed by atoms with E-state index < -0.39 is 6.04 Å². The van der Waals surface area contributed by atoms with E-state index in [1.807, 2.05) is 23.1 Å². The Hall–Kier alpha value is -2.87. The van der Waals surface area contributed by atoms with Crippen molar-refractivity contribution in [1.29, 1.82) is 5.41 Å². The van der Waals surface area contributed by atoms with Crippen LogP contribution in [0.5, 0.6) is 0 Å². The Balaban J connectivity index is 1.44. The number of aromatic nitrogens is 1. The summed E-state index contributed by atoms with van der Waals surface area (Å²) in [5, 5.41) is 8.85. The maximum atomic E-state index is 12.9. The van der Waals surface area contributed by atoms with E-state index in [1.54, 1.807) is 4.90 Å². The standard InChI is InChI=1S/C23H32N6O2/c1-2-28-18(12-15-5-6-16(22(25)26)13-20(15)28)8-7-17-4-3-10-29(17)21(30)14-27-11-9-19(24)23(27)31/h5-6,12-13,17,19H,2-4,7-11,14,24H2,1H3,(H3,25,26)/t17-,19-/m0/s1. The van der Waals surface area contributed by atoms with Gasteiger partial charge in [0.25, 0.3) is 0 Å². The molecule has 1 aromatic carbocycles. The zero-order valence-electron chi connectivity index (χ0n) is 18.1. The summed E-state index contributed by atoms with van der Waals surface area (Å²) in [4.78, 5) is 28.5. The lowest BCUT2D eigenvalue weighted by Crippen LogP contribution is -2.44. The highest BCUT2D eigenvalue weighted by Gasteiger charge is 2.34. The highest BCUT2D eigenvalue weighted by atomic mass is 16.2. The number of carbonyl (C=O) groups excluding carboxylic acids is 2. The minimum Gasteiger partial charge on any atom is -0.384 e. The predicted octanol–water partition coefficient (Wildman–Crippen LogP) is 1.43. The van der Waals surface area contributed by atoms with Crippen LogP contribution in [0.15, 0.2) is 24.3 Å². The van der Waals surface area contributed by atoms with Gasteiger partial charge in [0.2, 0.25) is 11.8 Å². The van der Waals surface area contributed by atoms with Gasteiger partial charge in [-0.25, -0.2) is 0 Å². The van der Waals surface area contributed by atoms with E-state index in [4.69, 9.17) is 16.9 Å². The van der Waals surface area contributed by atoms with Gasteiger partial charge in [-0.15, -0.1) is 0 Å². The molecule has 0 saturated carbocycles. The molecule has 1 aromatic heterocycles. The molecule has 5 N–H and O–H groups in total. The molecule has 2 aliphatic rings. The maximum Gasteiger partial charge on any atom is 0.242 e. The molecule has 0 spiro atoms. The van der Waals surface area contributed by atoms with Crippen LogP contribution in [-0.2, 0) is 22.6 Å². The predicted molar refractivity (Wildman–Crippen MR) is 121 cm³/mol. The molecule has 2 fully saturated rings. The van der Waals surface area contributed by atoms with Crippen molar-refractivity contribution in [3.05, 3.63) is 35.5 Å². The summed E-state index contributed by atoms with van der Waals surface area (Å²) in [6.45, 7) is 4.43. The van der Waals surface area contributed by atoms with E-state index in [0.29, 0.717) is 13.0 Å². The van der Waals surface area contributed by atoms with Gasteiger partial charge < -0.3 is 25.8 Å². The van der Waals surface area contributed by atoms with Crippen LogP contribution in [0.2, 0.25) is 0 Å². The fraction of sp³-hybridized carbons (Fsp3) is 0.522. The lowest BCUT2D eigenvalue weighted by Gasteiger charge is -2.27. The number of nitrogens with two attached hydrogens (primary N) is 2. The summed E-state index contributed by atoms with van der Waals surface area (Å²) in [5.74, 6) is -0.00145. The van der Waals surface area contributed by atoms with Crippen molar-refractivity contribution in [2.75, 3.05) is 19.6 Å². The molecule has 2 saturated heterocycles. The normalized spacial score (nSPS) is 21.4. The number of carbonyl (C=O) groups is 2. The van der Waals surface area contributed by atoms with Gasteiger partial charge in [-0.05, 0) is 56.5 Å². The molecule has 2 aromatic rings. The third-order valence-corrected chi connectivity index (χ3v) is 6.71. The zero-order chi connectivity index (χ0) is 22.1. The molecule has 3 heterocycles. The van der Waals surface area contributed by atoms with Crippen LogP contribution >= 0.6 is 0 Å². The summed E-state index contributed by atoms with van der Waals surface area (Å²) in [6, 6.07) is 7.83. The molecular formula is C23H32N6O2. The van der Waals surface area contributed by atoms with E-state index in [9.17, 15) is 9.59 Å². The number of benzene rings is 1. The Morgan fingerprint density at radius 1 is 1.23 bits per heavy atom. The van der Waals surface area contributed by atoms with Crippen LogP contribution < -0.4 is 11.5 Å². The number of aryl methyl sites for hydroxylation is 2. The van der Waals surface area contributed by atoms with Gasteiger partial charge in [0, 0.05) is 42.5 Å². The first-order valence-corrected chi connectivity index (χ1v) is 11.2. The van der Waals surface area contributed by atoms with Crippen molar-refractivity contribution >= 4 is 28.6 Å². The van der Waals surface area contributed by atoms with Gasteiger partial charge >= 0.3 is 0 Å². The highest BCUT2D eigenvalue weighted by molar-refractivity contribution is 5.98. The largest absolute Gasteiger partial charge is 0.384 e. The van der Waals surface area contributed by atoms with Gasteiger partial charge in [0.05, 0.1) is 12.6 Å². The molecule has 0 aliphatic carbocycles. The molecule has 4 rings (SSSR count). The topological polar surface area (TPSA) is 121 Å². The van der Waals surface area contributed by atoms with Crippen molar-refractivity contribution in [3.8, 4) is 0 Å². The molecule has 0 unspecified atom stereocenters. The van der Waals surface area contributed by atoms with Crippen molar-refractivity contribution in [2.45, 2.75) is 57.7 Å². The molecule has 2 amide bonds. The van der Waals surface area contributed by atoms with Crippen molar-refractivity contribution in [1.82, 2.24) is 14.4 Å². The Labute approximate surface area is 182 Å². The second-order valence-electron chi connectivity index (χ2n) is 8.64. The number of likely N-dealkylation sites (tertiary alicyclic amines) is 2. The molecule has 166 valence electrons. The molecule has 8 nitrogen and oxygen atoms in total. The van der Waals surface area contributed by atoms with Gasteiger partial charge in [0.1, 0.15) is 5.84 Å². The first-order chi connectivity index (χ1) is 14.9. The number of fused-ring (bicyclic) bond motifs is 1. The van der Waals surface area contributed by atoms with Gasteiger partial charge in [-0.1, -0.05) is 12.1 Å². The van der Waals surface area contributed by atoms with Crippen molar-refractivity contribution < 1.29 is 9.59 Å². The number of amidine groups is 1. The molecule has 8 heteroatoms. The summed E-state index contributed by atoms with van der Waals surface area (Å²) < 4.78 is 2.27. The van der Waals surface area contributed by atoms with Crippen LogP contribution in [0.4, 0.5) is 0 Å². The summed E-state index contributed by atoms with van der Waals surface area (Å²) in [7, 11) is 0. The van der Waals surface area contributed by atoms with Crippen molar-refractivity contribution in [3.63, 3.8) is 0 Å². The third kappa shape index (κ3) is 4.17. The number of nitrogen functional groups attached to an aromatic ring is 1. The number of hydrogen-bond acceptors (Lipinski definition) is 4. The minimum absolute atomic E-state index is 0.0343. The smallest absolute Gasteiger partial charge is 0.242 e. The Kier molecular flexibility index (Phi) is 6.00. The second kappa shape index (κ2) is 8.70. The number of nitrogens with one attached hydrogen (secondary N) is 1. The Morgan fingerprint density at radius 2 is 2.03 bits per heavy atom. The highest BCUT2D eigenvalue weighted by Crippen LogP contribution is 2.26. The van der Waals surface area contributed by atoms with E-state index in [2.05, 4.69) is 17.6 Å². The van der Waals surface area contributed by atoms with Crippen LogP contribution in [-0.4, -0.2) is 63.7 Å². The average molecular weight is 425 g/mol. The molecule has 0 radical (unpaired) electrons. The Morgan fingerprint density at radius 3 is 2.71 bits per heavy atom. The number of hydrogen-bond donors (Lipinski definition) is 3. The lowest BCUT2D eigenvalue weighted by molar-refractivity contribution is -0.139. The SMILES string of the molecule is CCn1c(CC[C@@H]2CCCN2C(=O)CN2CC[C@H](N)C2=O)cc2ccc(C(=N)N)cc21. The van der Waals surface area contributed by atoms with E-state index in [-0.39, 0.29) is 30.2 Å². The van der Waals surface area contributed by atoms with Crippen LogP contribution in [0, 0.1) is 5.41 Å². The molecule has 2 aliphatic heterocycles. The van der Waals surface area contributed by atoms with E-state index >= 15 is 0 Å². The first-order valence-electron chi connectivity index (χ1n) is 11.2. The molecule has 0 bridgehead atoms. The summed E-state index contributed by atoms with van der Waals surface area (Å²) >= 11 is 0. The van der Waals surface area contributed by atoms with Gasteiger partial charge in [0.15, 0.2) is 0 Å². The summed E-state index contributed by atoms with van der Waals surface area (Å²) in [6.07, 6.45) is 4.40. The number of rotatable bonds is 7. The average Bonchev–Trinajstić information content (AvgIpc) is 3.44. The minimum atomic E-state index is -0.457. The molecule has 2 atom stereocenters. The van der Waals surface area contributed by atoms with Crippen LogP contribution in [0.3, 0.4) is 0 Å². The lowest BCUT2D eigenvalue weighted by atomic mass is 10.1. The zero-order valence-corrected chi connectivity index (χ0v) is 18.1. The fourth-order valence-corrected chi connectivity index (χ4v) is 5.01. The van der Waals surface area contributed by atoms with Crippen LogP contribution in [0.25, 0.3) is 10.9 Å². The van der Waals surface area contributed by atoms with Crippen LogP contribution in [0.1, 0.15) is 43.9 Å². The van der Waals surface area contributed by atoms with E-state index in [0.717, 1.165) is 55.2 Å². The van der Waals surface area contributed by atoms with Gasteiger partial charge in [-0.3, -0.25) is 15.0 Å². The quantitative estimate of drug-likeness (QED) is 0.460. The van der Waals surface area contributed by atoms with Gasteiger partial charge in [-0.2, -0.15) is 0 Å².